The van der Waals surface area contributed by atoms with Crippen molar-refractivity contribution in [1.82, 2.24) is 15.1 Å². The number of alkyl carbamates (subject to hydrolysis) is 1. The highest BCUT2D eigenvalue weighted by atomic mass is 16.6. The normalized spacial score (nSPS) is 15.2. The number of piperidine rings is 1. The molecule has 2 N–H and O–H groups in total. The molecule has 0 saturated carbocycles. The highest BCUT2D eigenvalue weighted by Crippen LogP contribution is 2.17. The van der Waals surface area contributed by atoms with Gasteiger partial charge in [-0.2, -0.15) is 0 Å². The summed E-state index contributed by atoms with van der Waals surface area (Å²) in [4.78, 5) is 29.0. The Kier molecular flexibility index (Phi) is 5.88. The Hall–Kier alpha value is -2.73. The van der Waals surface area contributed by atoms with Gasteiger partial charge in [-0.05, 0) is 57.9 Å². The molecule has 1 heterocycles. The Labute approximate surface area is 146 Å². The van der Waals surface area contributed by atoms with Crippen LogP contribution in [0.1, 0.15) is 44.0 Å². The van der Waals surface area contributed by atoms with Gasteiger partial charge in [-0.15, -0.1) is 0 Å². The van der Waals surface area contributed by atoms with E-state index in [9.17, 15) is 9.59 Å². The van der Waals surface area contributed by atoms with E-state index in [0.29, 0.717) is 37.2 Å². The van der Waals surface area contributed by atoms with E-state index >= 15 is 0 Å². The van der Waals surface area contributed by atoms with Gasteiger partial charge in [0.05, 0.1) is 0 Å². The molecule has 0 radical (unpaired) electrons. The second-order valence-electron chi connectivity index (χ2n) is 6.96. The molecule has 1 aliphatic rings. The van der Waals surface area contributed by atoms with E-state index < -0.39 is 11.7 Å². The van der Waals surface area contributed by atoms with Crippen LogP contribution in [0.15, 0.2) is 29.4 Å². The van der Waals surface area contributed by atoms with Crippen molar-refractivity contribution in [2.75, 3.05) is 13.1 Å². The molecule has 134 valence electrons. The van der Waals surface area contributed by atoms with Crippen molar-refractivity contribution in [2.24, 2.45) is 5.11 Å². The molecule has 0 aliphatic carbocycles. The largest absolute Gasteiger partial charge is 0.444 e. The van der Waals surface area contributed by atoms with Gasteiger partial charge in [0, 0.05) is 24.7 Å². The summed E-state index contributed by atoms with van der Waals surface area (Å²) < 4.78 is 5.25. The van der Waals surface area contributed by atoms with Gasteiger partial charge in [0.25, 0.3) is 5.91 Å². The molecule has 1 aromatic rings. The lowest BCUT2D eigenvalue weighted by molar-refractivity contribution is 0.0473. The van der Waals surface area contributed by atoms with Gasteiger partial charge in [-0.3, -0.25) is 4.79 Å². The number of hydrogen-bond acceptors (Lipinski definition) is 5. The van der Waals surface area contributed by atoms with Crippen LogP contribution < -0.4 is 10.2 Å². The fraction of sp³-hybridized carbons (Fsp3) is 0.529. The molecule has 0 spiro atoms. The molecule has 0 unspecified atom stereocenters. The van der Waals surface area contributed by atoms with Gasteiger partial charge >= 0.3 is 6.09 Å². The van der Waals surface area contributed by atoms with Crippen LogP contribution >= 0.6 is 0 Å². The second-order valence-corrected chi connectivity index (χ2v) is 6.96. The Balaban J connectivity index is 1.85. The molecule has 0 bridgehead atoms. The standard InChI is InChI=1S/C17H23N5O3/c1-17(2,3)25-16(24)19-13-8-10-22(11-9-13)15(23)12-4-6-14(7-5-12)20-21-18/h4-7,13,18H,8-11H2,1-3H3/p+1. The fourth-order valence-corrected chi connectivity index (χ4v) is 2.61. The van der Waals surface area contributed by atoms with Crippen molar-refractivity contribution in [3.8, 4) is 0 Å². The molecule has 2 amide bonds. The van der Waals surface area contributed by atoms with Crippen LogP contribution in [0.25, 0.3) is 0 Å². The maximum atomic E-state index is 12.5. The molecule has 1 saturated heterocycles. The lowest BCUT2D eigenvalue weighted by atomic mass is 10.0. The number of rotatable bonds is 3. The smallest absolute Gasteiger partial charge is 0.407 e. The highest BCUT2D eigenvalue weighted by Gasteiger charge is 2.26. The molecule has 2 rings (SSSR count). The Morgan fingerprint density at radius 3 is 2.36 bits per heavy atom. The first-order valence-corrected chi connectivity index (χ1v) is 8.25. The van der Waals surface area contributed by atoms with Gasteiger partial charge in [0.1, 0.15) is 11.1 Å². The van der Waals surface area contributed by atoms with Crippen molar-refractivity contribution < 1.29 is 14.3 Å². The molecule has 1 aliphatic heterocycles. The molecular formula is C17H24N5O3+. The number of ether oxygens (including phenoxy) is 1. The summed E-state index contributed by atoms with van der Waals surface area (Å²) in [6.07, 6.45) is 0.961. The Bertz CT molecular complexity index is 667. The zero-order valence-electron chi connectivity index (χ0n) is 14.8. The van der Waals surface area contributed by atoms with Crippen LogP contribution in [0.4, 0.5) is 10.5 Å². The maximum absolute atomic E-state index is 12.5. The molecular weight excluding hydrogens is 322 g/mol. The third kappa shape index (κ3) is 5.69. The number of carbonyl (C=O) groups excluding carboxylic acids is 2. The van der Waals surface area contributed by atoms with Gasteiger partial charge in [-0.25, -0.2) is 4.79 Å². The van der Waals surface area contributed by atoms with Crippen molar-refractivity contribution in [3.63, 3.8) is 0 Å². The zero-order valence-corrected chi connectivity index (χ0v) is 14.8. The topological polar surface area (TPSA) is 109 Å². The monoisotopic (exact) mass is 346 g/mol. The third-order valence-electron chi connectivity index (χ3n) is 3.78. The lowest BCUT2D eigenvalue weighted by Gasteiger charge is -2.33. The minimum atomic E-state index is -0.521. The highest BCUT2D eigenvalue weighted by molar-refractivity contribution is 5.94. The molecule has 1 fully saturated rings. The summed E-state index contributed by atoms with van der Waals surface area (Å²) in [5, 5.41) is 6.45. The molecule has 1 aromatic carbocycles. The van der Waals surface area contributed by atoms with Crippen LogP contribution in [0, 0.1) is 5.53 Å². The summed E-state index contributed by atoms with van der Waals surface area (Å²) in [6.45, 7) is 6.63. The average molecular weight is 346 g/mol. The maximum Gasteiger partial charge on any atom is 0.407 e. The number of amides is 2. The quantitative estimate of drug-likeness (QED) is 0.648. The van der Waals surface area contributed by atoms with Crippen molar-refractivity contribution in [3.05, 3.63) is 29.8 Å². The predicted molar refractivity (Wildman–Crippen MR) is 91.7 cm³/mol. The predicted octanol–water partition coefficient (Wildman–Crippen LogP) is 3.00. The van der Waals surface area contributed by atoms with E-state index in [1.807, 2.05) is 20.8 Å². The van der Waals surface area contributed by atoms with Crippen molar-refractivity contribution in [1.29, 1.82) is 5.53 Å². The van der Waals surface area contributed by atoms with Gasteiger partial charge < -0.3 is 15.0 Å². The van der Waals surface area contributed by atoms with Gasteiger partial charge in [-0.1, -0.05) is 0 Å². The Morgan fingerprint density at radius 2 is 1.84 bits per heavy atom. The number of nitrogens with one attached hydrogen (secondary N) is 2. The summed E-state index contributed by atoms with van der Waals surface area (Å²) in [7, 11) is 0. The second kappa shape index (κ2) is 7.90. The Morgan fingerprint density at radius 1 is 1.24 bits per heavy atom. The molecule has 25 heavy (non-hydrogen) atoms. The van der Waals surface area contributed by atoms with Crippen molar-refractivity contribution in [2.45, 2.75) is 45.3 Å². The molecule has 8 nitrogen and oxygen atoms in total. The summed E-state index contributed by atoms with van der Waals surface area (Å²) >= 11 is 0. The van der Waals surface area contributed by atoms with Gasteiger partial charge in [0.15, 0.2) is 10.8 Å². The number of carbonyl (C=O) groups is 2. The van der Waals surface area contributed by atoms with E-state index in [2.05, 4.69) is 15.3 Å². The minimum absolute atomic E-state index is 0.0127. The first-order chi connectivity index (χ1) is 11.8. The van der Waals surface area contributed by atoms with Gasteiger partial charge in [0.2, 0.25) is 4.91 Å². The lowest BCUT2D eigenvalue weighted by Crippen LogP contribution is -2.47. The average Bonchev–Trinajstić information content (AvgIpc) is 2.54. The number of benzene rings is 1. The van der Waals surface area contributed by atoms with Crippen LogP contribution in [0.3, 0.4) is 0 Å². The molecule has 0 aromatic heterocycles. The summed E-state index contributed by atoms with van der Waals surface area (Å²) in [5.41, 5.74) is 7.28. The van der Waals surface area contributed by atoms with E-state index in [0.717, 1.165) is 0 Å². The SMILES string of the molecule is CC(C)(C)OC(=O)NC1CCN(C(=O)c2ccc(N=[N+]=N)cc2)CC1. The molecule has 8 heteroatoms. The van der Waals surface area contributed by atoms with Crippen LogP contribution in [0.2, 0.25) is 0 Å². The van der Waals surface area contributed by atoms with E-state index in [-0.39, 0.29) is 11.9 Å². The zero-order chi connectivity index (χ0) is 18.4. The van der Waals surface area contributed by atoms with E-state index in [4.69, 9.17) is 10.3 Å². The van der Waals surface area contributed by atoms with Crippen LogP contribution in [-0.2, 0) is 4.74 Å². The summed E-state index contributed by atoms with van der Waals surface area (Å²) in [5.74, 6) is -0.0509. The fourth-order valence-electron chi connectivity index (χ4n) is 2.61. The van der Waals surface area contributed by atoms with E-state index in [1.54, 1.807) is 29.2 Å². The first-order valence-electron chi connectivity index (χ1n) is 8.25. The van der Waals surface area contributed by atoms with Crippen LogP contribution in [0.5, 0.6) is 0 Å². The van der Waals surface area contributed by atoms with E-state index in [1.165, 1.54) is 0 Å². The third-order valence-corrected chi connectivity index (χ3v) is 3.78. The number of likely N-dealkylation sites (tertiary alicyclic amines) is 1. The summed E-state index contributed by atoms with van der Waals surface area (Å²) in [6, 6.07) is 6.68. The first kappa shape index (κ1) is 18.6. The minimum Gasteiger partial charge on any atom is -0.444 e. The molecule has 0 atom stereocenters. The van der Waals surface area contributed by atoms with Crippen molar-refractivity contribution >= 4 is 17.7 Å². The van der Waals surface area contributed by atoms with Crippen LogP contribution in [-0.4, -0.2) is 41.6 Å². The number of hydrogen-bond donors (Lipinski definition) is 2. The number of nitrogens with zero attached hydrogens (tertiary/aromatic N) is 3.